The van der Waals surface area contributed by atoms with Crippen LogP contribution in [0.4, 0.5) is 0 Å². The lowest BCUT2D eigenvalue weighted by Crippen LogP contribution is -2.21. The van der Waals surface area contributed by atoms with Gasteiger partial charge in [-0.3, -0.25) is 0 Å². The number of thiophene rings is 1. The molecule has 1 aromatic carbocycles. The summed E-state index contributed by atoms with van der Waals surface area (Å²) in [5.74, 6) is 0. The average molecular weight is 259 g/mol. The van der Waals surface area contributed by atoms with Crippen molar-refractivity contribution in [2.45, 2.75) is 32.2 Å². The standard InChI is InChI=1S/C16H21NS/c1-2-12-17-15(16-9-6-13-18-16)11-10-14-7-4-3-5-8-14/h3-9,13,15,17H,2,10-12H2,1H3. The Kier molecular flexibility index (Phi) is 5.43. The second-order valence-electron chi connectivity index (χ2n) is 4.55. The molecule has 2 rings (SSSR count). The zero-order valence-corrected chi connectivity index (χ0v) is 11.7. The Labute approximate surface area is 114 Å². The van der Waals surface area contributed by atoms with Crippen molar-refractivity contribution in [3.8, 4) is 0 Å². The molecule has 1 N–H and O–H groups in total. The molecule has 1 unspecified atom stereocenters. The molecule has 0 saturated heterocycles. The zero-order valence-electron chi connectivity index (χ0n) is 10.9. The molecule has 0 aliphatic heterocycles. The number of benzene rings is 1. The van der Waals surface area contributed by atoms with Gasteiger partial charge in [0.2, 0.25) is 0 Å². The number of nitrogens with one attached hydrogen (secondary N) is 1. The van der Waals surface area contributed by atoms with Crippen LogP contribution in [0, 0.1) is 0 Å². The third-order valence-electron chi connectivity index (χ3n) is 3.09. The third-order valence-corrected chi connectivity index (χ3v) is 4.08. The summed E-state index contributed by atoms with van der Waals surface area (Å²) in [7, 11) is 0. The molecule has 0 aliphatic carbocycles. The summed E-state index contributed by atoms with van der Waals surface area (Å²) in [5, 5.41) is 5.82. The van der Waals surface area contributed by atoms with Gasteiger partial charge in [0.05, 0.1) is 0 Å². The fourth-order valence-corrected chi connectivity index (χ4v) is 2.95. The molecule has 96 valence electrons. The van der Waals surface area contributed by atoms with Gasteiger partial charge < -0.3 is 5.32 Å². The van der Waals surface area contributed by atoms with Crippen LogP contribution in [0.2, 0.25) is 0 Å². The average Bonchev–Trinajstić information content (AvgIpc) is 2.94. The monoisotopic (exact) mass is 259 g/mol. The predicted octanol–water partition coefficient (Wildman–Crippen LogP) is 4.42. The maximum atomic E-state index is 3.65. The van der Waals surface area contributed by atoms with Crippen molar-refractivity contribution in [1.29, 1.82) is 0 Å². The maximum Gasteiger partial charge on any atom is 0.0417 e. The number of hydrogen-bond donors (Lipinski definition) is 1. The second-order valence-corrected chi connectivity index (χ2v) is 5.53. The number of hydrogen-bond acceptors (Lipinski definition) is 2. The molecule has 0 aliphatic rings. The quantitative estimate of drug-likeness (QED) is 0.776. The molecule has 1 heterocycles. The van der Waals surface area contributed by atoms with Gasteiger partial charge in [0.15, 0.2) is 0 Å². The van der Waals surface area contributed by atoms with E-state index in [9.17, 15) is 0 Å². The van der Waals surface area contributed by atoms with Crippen LogP contribution in [0.5, 0.6) is 0 Å². The molecule has 0 spiro atoms. The zero-order chi connectivity index (χ0) is 12.6. The van der Waals surface area contributed by atoms with Crippen LogP contribution in [0.1, 0.15) is 36.2 Å². The van der Waals surface area contributed by atoms with Crippen LogP contribution in [-0.2, 0) is 6.42 Å². The molecule has 18 heavy (non-hydrogen) atoms. The van der Waals surface area contributed by atoms with E-state index < -0.39 is 0 Å². The van der Waals surface area contributed by atoms with Crippen LogP contribution < -0.4 is 5.32 Å². The Balaban J connectivity index is 1.93. The Morgan fingerprint density at radius 1 is 1.11 bits per heavy atom. The van der Waals surface area contributed by atoms with Crippen molar-refractivity contribution in [2.75, 3.05) is 6.54 Å². The fourth-order valence-electron chi connectivity index (χ4n) is 2.11. The molecule has 1 nitrogen and oxygen atoms in total. The van der Waals surface area contributed by atoms with Crippen LogP contribution in [0.15, 0.2) is 47.8 Å². The summed E-state index contributed by atoms with van der Waals surface area (Å²) < 4.78 is 0. The van der Waals surface area contributed by atoms with Gasteiger partial charge >= 0.3 is 0 Å². The van der Waals surface area contributed by atoms with Crippen LogP contribution >= 0.6 is 11.3 Å². The maximum absolute atomic E-state index is 3.65. The lowest BCUT2D eigenvalue weighted by Gasteiger charge is -2.17. The Morgan fingerprint density at radius 3 is 2.61 bits per heavy atom. The second kappa shape index (κ2) is 7.34. The van der Waals surface area contributed by atoms with Crippen molar-refractivity contribution >= 4 is 11.3 Å². The number of rotatable bonds is 7. The first kappa shape index (κ1) is 13.3. The topological polar surface area (TPSA) is 12.0 Å². The summed E-state index contributed by atoms with van der Waals surface area (Å²) in [6.45, 7) is 3.31. The summed E-state index contributed by atoms with van der Waals surface area (Å²) in [6, 6.07) is 15.6. The van der Waals surface area contributed by atoms with E-state index in [0.29, 0.717) is 6.04 Å². The highest BCUT2D eigenvalue weighted by atomic mass is 32.1. The minimum absolute atomic E-state index is 0.505. The molecular weight excluding hydrogens is 238 g/mol. The smallest absolute Gasteiger partial charge is 0.0417 e. The Hall–Kier alpha value is -1.12. The fraction of sp³-hybridized carbons (Fsp3) is 0.375. The van der Waals surface area contributed by atoms with Crippen molar-refractivity contribution in [3.05, 3.63) is 58.3 Å². The van der Waals surface area contributed by atoms with E-state index in [1.165, 1.54) is 23.3 Å². The first-order chi connectivity index (χ1) is 8.90. The third kappa shape index (κ3) is 3.97. The lowest BCUT2D eigenvalue weighted by molar-refractivity contribution is 0.506. The van der Waals surface area contributed by atoms with Gasteiger partial charge in [-0.2, -0.15) is 0 Å². The van der Waals surface area contributed by atoms with Crippen molar-refractivity contribution in [3.63, 3.8) is 0 Å². The van der Waals surface area contributed by atoms with E-state index in [4.69, 9.17) is 0 Å². The van der Waals surface area contributed by atoms with Crippen molar-refractivity contribution < 1.29 is 0 Å². The lowest BCUT2D eigenvalue weighted by atomic mass is 10.0. The summed E-state index contributed by atoms with van der Waals surface area (Å²) in [6.07, 6.45) is 3.50. The normalized spacial score (nSPS) is 12.5. The van der Waals surface area contributed by atoms with Gasteiger partial charge in [0, 0.05) is 10.9 Å². The molecule has 0 amide bonds. The first-order valence-electron chi connectivity index (χ1n) is 6.71. The summed E-state index contributed by atoms with van der Waals surface area (Å²) >= 11 is 1.85. The van der Waals surface area contributed by atoms with E-state index in [2.05, 4.69) is 60.1 Å². The Morgan fingerprint density at radius 2 is 1.94 bits per heavy atom. The van der Waals surface area contributed by atoms with E-state index in [1.807, 2.05) is 11.3 Å². The van der Waals surface area contributed by atoms with Crippen molar-refractivity contribution in [2.24, 2.45) is 0 Å². The minimum atomic E-state index is 0.505. The molecule has 0 bridgehead atoms. The SMILES string of the molecule is CCCNC(CCc1ccccc1)c1cccs1. The summed E-state index contributed by atoms with van der Waals surface area (Å²) in [5.41, 5.74) is 1.43. The first-order valence-corrected chi connectivity index (χ1v) is 7.59. The van der Waals surface area contributed by atoms with E-state index in [1.54, 1.807) is 0 Å². The van der Waals surface area contributed by atoms with Gasteiger partial charge in [0.1, 0.15) is 0 Å². The summed E-state index contributed by atoms with van der Waals surface area (Å²) in [4.78, 5) is 1.46. The van der Waals surface area contributed by atoms with Crippen LogP contribution in [-0.4, -0.2) is 6.54 Å². The van der Waals surface area contributed by atoms with Gasteiger partial charge in [-0.05, 0) is 42.8 Å². The molecular formula is C16H21NS. The molecule has 0 radical (unpaired) electrons. The molecule has 2 aromatic rings. The molecule has 2 heteroatoms. The molecule has 0 fully saturated rings. The Bertz CT molecular complexity index is 422. The predicted molar refractivity (Wildman–Crippen MR) is 80.1 cm³/mol. The highest BCUT2D eigenvalue weighted by Crippen LogP contribution is 2.23. The minimum Gasteiger partial charge on any atom is -0.309 e. The molecule has 1 atom stereocenters. The van der Waals surface area contributed by atoms with E-state index in [0.717, 1.165) is 13.0 Å². The van der Waals surface area contributed by atoms with Gasteiger partial charge in [-0.15, -0.1) is 11.3 Å². The van der Waals surface area contributed by atoms with E-state index in [-0.39, 0.29) is 0 Å². The van der Waals surface area contributed by atoms with Crippen molar-refractivity contribution in [1.82, 2.24) is 5.32 Å². The van der Waals surface area contributed by atoms with Gasteiger partial charge in [0.25, 0.3) is 0 Å². The largest absolute Gasteiger partial charge is 0.309 e. The molecule has 0 saturated carbocycles. The van der Waals surface area contributed by atoms with Crippen LogP contribution in [0.25, 0.3) is 0 Å². The highest BCUT2D eigenvalue weighted by Gasteiger charge is 2.11. The molecule has 1 aromatic heterocycles. The van der Waals surface area contributed by atoms with Gasteiger partial charge in [-0.25, -0.2) is 0 Å². The highest BCUT2D eigenvalue weighted by molar-refractivity contribution is 7.10. The van der Waals surface area contributed by atoms with E-state index >= 15 is 0 Å². The van der Waals surface area contributed by atoms with Gasteiger partial charge in [-0.1, -0.05) is 43.3 Å². The van der Waals surface area contributed by atoms with Crippen LogP contribution in [0.3, 0.4) is 0 Å². The number of aryl methyl sites for hydroxylation is 1.